The highest BCUT2D eigenvalue weighted by molar-refractivity contribution is 5.83. The molecule has 0 radical (unpaired) electrons. The number of hydrogen-bond acceptors (Lipinski definition) is 3. The largest absolute Gasteiger partial charge is 0.426 e. The van der Waals surface area contributed by atoms with Crippen molar-refractivity contribution in [2.24, 2.45) is 17.6 Å². The van der Waals surface area contributed by atoms with E-state index in [1.54, 1.807) is 13.0 Å². The Hall–Kier alpha value is -2.95. The molecule has 2 atom stereocenters. The molecule has 0 bridgehead atoms. The lowest BCUT2D eigenvalue weighted by molar-refractivity contribution is -0.139. The van der Waals surface area contributed by atoms with Gasteiger partial charge in [0.2, 0.25) is 5.91 Å². The number of benzene rings is 2. The maximum Gasteiger partial charge on any atom is 0.314 e. The Morgan fingerprint density at radius 2 is 2.03 bits per heavy atom. The predicted molar refractivity (Wildman–Crippen MR) is 115 cm³/mol. The Bertz CT molecular complexity index is 996. The van der Waals surface area contributed by atoms with Crippen molar-refractivity contribution in [3.8, 4) is 5.75 Å². The third-order valence-electron chi connectivity index (χ3n) is 5.73. The summed E-state index contributed by atoms with van der Waals surface area (Å²) in [6.07, 6.45) is 4.69. The number of amides is 1. The van der Waals surface area contributed by atoms with Crippen molar-refractivity contribution in [2.45, 2.75) is 46.5 Å². The van der Waals surface area contributed by atoms with E-state index in [4.69, 9.17) is 10.5 Å². The lowest BCUT2D eigenvalue weighted by Crippen LogP contribution is -2.28. The third kappa shape index (κ3) is 4.78. The Labute approximate surface area is 176 Å². The van der Waals surface area contributed by atoms with Crippen LogP contribution in [0.25, 0.3) is 5.57 Å². The number of carbonyl (C=O) groups is 2. The molecule has 30 heavy (non-hydrogen) atoms. The second-order valence-corrected chi connectivity index (χ2v) is 8.03. The van der Waals surface area contributed by atoms with Crippen LogP contribution in [0.1, 0.15) is 55.4 Å². The number of aryl methyl sites for hydroxylation is 1. The lowest BCUT2D eigenvalue weighted by Gasteiger charge is -2.17. The molecule has 158 valence electrons. The van der Waals surface area contributed by atoms with Crippen LogP contribution in [0.3, 0.4) is 0 Å². The van der Waals surface area contributed by atoms with E-state index in [-0.39, 0.29) is 24.1 Å². The molecule has 1 heterocycles. The fourth-order valence-electron chi connectivity index (χ4n) is 3.95. The van der Waals surface area contributed by atoms with Crippen molar-refractivity contribution in [2.75, 3.05) is 0 Å². The first-order valence-corrected chi connectivity index (χ1v) is 10.4. The van der Waals surface area contributed by atoms with Crippen molar-refractivity contribution >= 4 is 17.4 Å². The number of allylic oxidation sites excluding steroid dienone is 1. The number of unbranched alkanes of at least 4 members (excludes halogenated alkanes) is 1. The summed E-state index contributed by atoms with van der Waals surface area (Å²) in [6, 6.07) is 10.6. The van der Waals surface area contributed by atoms with Crippen molar-refractivity contribution in [3.63, 3.8) is 0 Å². The second-order valence-electron chi connectivity index (χ2n) is 8.03. The zero-order chi connectivity index (χ0) is 21.8. The molecule has 2 aromatic rings. The van der Waals surface area contributed by atoms with E-state index in [0.717, 1.165) is 40.7 Å². The molecule has 1 aliphatic heterocycles. The van der Waals surface area contributed by atoms with Gasteiger partial charge in [0.1, 0.15) is 11.6 Å². The summed E-state index contributed by atoms with van der Waals surface area (Å²) in [5.74, 6) is -1.13. The molecule has 1 aliphatic rings. The summed E-state index contributed by atoms with van der Waals surface area (Å²) < 4.78 is 19.3. The Kier molecular flexibility index (Phi) is 6.70. The van der Waals surface area contributed by atoms with Gasteiger partial charge < -0.3 is 10.5 Å². The van der Waals surface area contributed by atoms with E-state index in [0.29, 0.717) is 12.2 Å². The molecule has 4 nitrogen and oxygen atoms in total. The number of primary amides is 1. The molecule has 3 rings (SSSR count). The molecule has 2 aromatic carbocycles. The molecule has 0 saturated heterocycles. The molecule has 2 unspecified atom stereocenters. The minimum Gasteiger partial charge on any atom is -0.426 e. The Balaban J connectivity index is 2.03. The Morgan fingerprint density at radius 3 is 2.70 bits per heavy atom. The molecule has 0 aliphatic carbocycles. The third-order valence-corrected chi connectivity index (χ3v) is 5.73. The van der Waals surface area contributed by atoms with Gasteiger partial charge in [0, 0.05) is 6.42 Å². The van der Waals surface area contributed by atoms with Gasteiger partial charge in [0.25, 0.3) is 0 Å². The zero-order valence-corrected chi connectivity index (χ0v) is 17.7. The highest BCUT2D eigenvalue weighted by Crippen LogP contribution is 2.36. The van der Waals surface area contributed by atoms with Gasteiger partial charge in [-0.3, -0.25) is 9.59 Å². The first-order valence-electron chi connectivity index (χ1n) is 10.4. The topological polar surface area (TPSA) is 69.4 Å². The average molecular weight is 410 g/mol. The van der Waals surface area contributed by atoms with Crippen LogP contribution >= 0.6 is 0 Å². The van der Waals surface area contributed by atoms with Crippen LogP contribution in [0.15, 0.2) is 42.5 Å². The zero-order valence-electron chi connectivity index (χ0n) is 17.7. The minimum absolute atomic E-state index is 0.147. The second kappa shape index (κ2) is 9.24. The van der Waals surface area contributed by atoms with Gasteiger partial charge in [-0.05, 0) is 71.7 Å². The molecule has 2 N–H and O–H groups in total. The van der Waals surface area contributed by atoms with Crippen LogP contribution in [0, 0.1) is 24.6 Å². The van der Waals surface area contributed by atoms with E-state index in [2.05, 4.69) is 13.0 Å². The molecule has 5 heteroatoms. The number of ether oxygens (including phenoxy) is 1. The van der Waals surface area contributed by atoms with E-state index in [1.807, 2.05) is 25.1 Å². The summed E-state index contributed by atoms with van der Waals surface area (Å²) in [4.78, 5) is 24.0. The quantitative estimate of drug-likeness (QED) is 0.542. The highest BCUT2D eigenvalue weighted by atomic mass is 19.1. The molecular weight excluding hydrogens is 381 g/mol. The standard InChI is InChI=1S/C25H28FNO3/c1-4-5-6-22(21-10-9-20(26)11-15(21)2)17-7-8-18-12-19(14-24(27)28)16(3)25(29)30-23(18)13-17/h6-11,13,16,19H,4-5,12,14H2,1-3H3,(H2,27,28). The smallest absolute Gasteiger partial charge is 0.314 e. The fraction of sp³-hybridized carbons (Fsp3) is 0.360. The predicted octanol–water partition coefficient (Wildman–Crippen LogP) is 4.96. The summed E-state index contributed by atoms with van der Waals surface area (Å²) in [5, 5.41) is 0. The summed E-state index contributed by atoms with van der Waals surface area (Å²) >= 11 is 0. The number of esters is 1. The average Bonchev–Trinajstić information content (AvgIpc) is 2.80. The van der Waals surface area contributed by atoms with Gasteiger partial charge in [-0.15, -0.1) is 0 Å². The SMILES string of the molecule is CCCC=C(c1ccc2c(c1)OC(=O)C(C)C(CC(N)=O)C2)c1ccc(F)cc1C. The van der Waals surface area contributed by atoms with Gasteiger partial charge in [0.05, 0.1) is 5.92 Å². The molecule has 0 fully saturated rings. The number of hydrogen-bond donors (Lipinski definition) is 1. The van der Waals surface area contributed by atoms with E-state index >= 15 is 0 Å². The van der Waals surface area contributed by atoms with Crippen molar-refractivity contribution in [3.05, 3.63) is 70.5 Å². The number of rotatable bonds is 6. The van der Waals surface area contributed by atoms with Gasteiger partial charge in [-0.1, -0.05) is 44.5 Å². The van der Waals surface area contributed by atoms with Crippen LogP contribution in [0.5, 0.6) is 5.75 Å². The number of nitrogens with two attached hydrogens (primary N) is 1. The first kappa shape index (κ1) is 21.8. The first-order chi connectivity index (χ1) is 14.3. The van der Waals surface area contributed by atoms with Crippen molar-refractivity contribution < 1.29 is 18.7 Å². The van der Waals surface area contributed by atoms with Crippen molar-refractivity contribution in [1.29, 1.82) is 0 Å². The summed E-state index contributed by atoms with van der Waals surface area (Å²) in [7, 11) is 0. The molecule has 0 saturated carbocycles. The van der Waals surface area contributed by atoms with E-state index < -0.39 is 11.8 Å². The maximum atomic E-state index is 13.6. The van der Waals surface area contributed by atoms with Crippen LogP contribution in [-0.2, 0) is 16.0 Å². The number of halogens is 1. The van der Waals surface area contributed by atoms with Gasteiger partial charge in [0.15, 0.2) is 0 Å². The summed E-state index contributed by atoms with van der Waals surface area (Å²) in [6.45, 7) is 5.76. The lowest BCUT2D eigenvalue weighted by atomic mass is 9.85. The van der Waals surface area contributed by atoms with E-state index in [9.17, 15) is 14.0 Å². The van der Waals surface area contributed by atoms with Crippen LogP contribution in [0.2, 0.25) is 0 Å². The van der Waals surface area contributed by atoms with Crippen LogP contribution in [-0.4, -0.2) is 11.9 Å². The van der Waals surface area contributed by atoms with Gasteiger partial charge >= 0.3 is 5.97 Å². The fourth-order valence-corrected chi connectivity index (χ4v) is 3.95. The molecule has 0 aromatic heterocycles. The maximum absolute atomic E-state index is 13.6. The highest BCUT2D eigenvalue weighted by Gasteiger charge is 2.32. The normalized spacial score (nSPS) is 19.1. The van der Waals surface area contributed by atoms with Gasteiger partial charge in [-0.25, -0.2) is 4.39 Å². The molecule has 1 amide bonds. The summed E-state index contributed by atoms with van der Waals surface area (Å²) in [5.41, 5.74) is 9.95. The van der Waals surface area contributed by atoms with Gasteiger partial charge in [-0.2, -0.15) is 0 Å². The Morgan fingerprint density at radius 1 is 1.27 bits per heavy atom. The number of carbonyl (C=O) groups excluding carboxylic acids is 2. The van der Waals surface area contributed by atoms with Crippen molar-refractivity contribution in [1.82, 2.24) is 0 Å². The number of fused-ring (bicyclic) bond motifs is 1. The minimum atomic E-state index is -0.420. The van der Waals surface area contributed by atoms with Crippen LogP contribution < -0.4 is 10.5 Å². The van der Waals surface area contributed by atoms with Crippen LogP contribution in [0.4, 0.5) is 4.39 Å². The monoisotopic (exact) mass is 409 g/mol. The molecular formula is C25H28FNO3. The molecule has 0 spiro atoms. The van der Waals surface area contributed by atoms with E-state index in [1.165, 1.54) is 12.1 Å².